The largest absolute Gasteiger partial charge is 0.493 e. The van der Waals surface area contributed by atoms with E-state index in [1.54, 1.807) is 31.5 Å². The van der Waals surface area contributed by atoms with Gasteiger partial charge in [-0.3, -0.25) is 4.98 Å². The molecule has 1 aliphatic rings. The maximum atomic E-state index is 15.1. The number of methoxy groups -OCH3 is 1. The molecule has 1 aliphatic heterocycles. The number of pyridine rings is 1. The Morgan fingerprint density at radius 2 is 1.85 bits per heavy atom. The number of fused-ring (bicyclic) bond motifs is 2. The molecule has 0 aliphatic carbocycles. The molecular weight excluding hydrogens is 421 g/mol. The summed E-state index contributed by atoms with van der Waals surface area (Å²) in [5.74, 6) is 1.51. The van der Waals surface area contributed by atoms with Gasteiger partial charge in [-0.15, -0.1) is 0 Å². The SMILES string of the molecule is COc1cc2c(Oc3ccc4[nH]c(C)cc4c3F)ccnc2cc1OCCCN1CCCC1. The Labute approximate surface area is 192 Å². The highest BCUT2D eigenvalue weighted by molar-refractivity contribution is 5.89. The second-order valence-electron chi connectivity index (χ2n) is 8.47. The molecule has 6 nitrogen and oxygen atoms in total. The van der Waals surface area contributed by atoms with Crippen LogP contribution in [0.25, 0.3) is 21.8 Å². The minimum atomic E-state index is -0.397. The van der Waals surface area contributed by atoms with E-state index in [1.807, 2.05) is 25.1 Å². The summed E-state index contributed by atoms with van der Waals surface area (Å²) in [7, 11) is 1.61. The van der Waals surface area contributed by atoms with E-state index in [9.17, 15) is 0 Å². The van der Waals surface area contributed by atoms with Crippen molar-refractivity contribution in [1.29, 1.82) is 0 Å². The topological polar surface area (TPSA) is 59.6 Å². The Morgan fingerprint density at radius 3 is 2.67 bits per heavy atom. The molecule has 5 rings (SSSR count). The van der Waals surface area contributed by atoms with E-state index in [1.165, 1.54) is 25.9 Å². The van der Waals surface area contributed by atoms with Crippen LogP contribution in [0.5, 0.6) is 23.0 Å². The normalized spacial score (nSPS) is 14.3. The maximum absolute atomic E-state index is 15.1. The van der Waals surface area contributed by atoms with Gasteiger partial charge in [-0.2, -0.15) is 0 Å². The molecule has 2 aromatic carbocycles. The molecule has 2 aromatic heterocycles. The van der Waals surface area contributed by atoms with Crippen LogP contribution in [0.2, 0.25) is 0 Å². The zero-order valence-corrected chi connectivity index (χ0v) is 19.0. The number of hydrogen-bond donors (Lipinski definition) is 1. The van der Waals surface area contributed by atoms with Gasteiger partial charge in [0.2, 0.25) is 0 Å². The number of H-pyrrole nitrogens is 1. The lowest BCUT2D eigenvalue weighted by Gasteiger charge is -2.16. The fourth-order valence-corrected chi connectivity index (χ4v) is 4.45. The van der Waals surface area contributed by atoms with E-state index in [2.05, 4.69) is 14.9 Å². The summed E-state index contributed by atoms with van der Waals surface area (Å²) < 4.78 is 32.7. The minimum Gasteiger partial charge on any atom is -0.493 e. The first-order chi connectivity index (χ1) is 16.1. The molecule has 0 spiro atoms. The third-order valence-electron chi connectivity index (χ3n) is 6.12. The van der Waals surface area contributed by atoms with Crippen molar-refractivity contribution in [3.05, 3.63) is 54.1 Å². The van der Waals surface area contributed by atoms with Crippen LogP contribution in [0.15, 0.2) is 42.6 Å². The molecule has 0 saturated carbocycles. The molecular formula is C26H28FN3O3. The molecule has 0 radical (unpaired) electrons. The van der Waals surface area contributed by atoms with Crippen LogP contribution in [0.1, 0.15) is 25.0 Å². The number of nitrogens with zero attached hydrogens (tertiary/aromatic N) is 2. The molecule has 4 aromatic rings. The molecule has 1 fully saturated rings. The Kier molecular flexibility index (Phi) is 6.05. The van der Waals surface area contributed by atoms with Crippen molar-refractivity contribution in [2.75, 3.05) is 33.4 Å². The molecule has 7 heteroatoms. The third-order valence-corrected chi connectivity index (χ3v) is 6.12. The van der Waals surface area contributed by atoms with Gasteiger partial charge < -0.3 is 24.1 Å². The third kappa shape index (κ3) is 4.46. The van der Waals surface area contributed by atoms with Crippen LogP contribution in [0, 0.1) is 12.7 Å². The molecule has 172 valence electrons. The van der Waals surface area contributed by atoms with E-state index in [0.717, 1.165) is 29.6 Å². The van der Waals surface area contributed by atoms with Crippen molar-refractivity contribution in [2.45, 2.75) is 26.2 Å². The van der Waals surface area contributed by atoms with Gasteiger partial charge in [-0.25, -0.2) is 4.39 Å². The first-order valence-corrected chi connectivity index (χ1v) is 11.4. The van der Waals surface area contributed by atoms with Gasteiger partial charge in [0.25, 0.3) is 0 Å². The summed E-state index contributed by atoms with van der Waals surface area (Å²) >= 11 is 0. The summed E-state index contributed by atoms with van der Waals surface area (Å²) in [5.41, 5.74) is 2.33. The Morgan fingerprint density at radius 1 is 1.00 bits per heavy atom. The highest BCUT2D eigenvalue weighted by Crippen LogP contribution is 2.38. The first kappa shape index (κ1) is 21.5. The number of aromatic nitrogens is 2. The van der Waals surface area contributed by atoms with Crippen molar-refractivity contribution < 1.29 is 18.6 Å². The predicted octanol–water partition coefficient (Wildman–Crippen LogP) is 5.83. The van der Waals surface area contributed by atoms with Crippen LogP contribution in [-0.2, 0) is 0 Å². The number of ether oxygens (including phenoxy) is 3. The maximum Gasteiger partial charge on any atom is 0.175 e. The lowest BCUT2D eigenvalue weighted by molar-refractivity contribution is 0.254. The van der Waals surface area contributed by atoms with Crippen molar-refractivity contribution in [2.24, 2.45) is 0 Å². The predicted molar refractivity (Wildman–Crippen MR) is 127 cm³/mol. The van der Waals surface area contributed by atoms with Gasteiger partial charge in [0.1, 0.15) is 5.75 Å². The van der Waals surface area contributed by atoms with E-state index in [0.29, 0.717) is 34.8 Å². The van der Waals surface area contributed by atoms with Gasteiger partial charge in [0.15, 0.2) is 23.1 Å². The number of aryl methyl sites for hydroxylation is 1. The summed E-state index contributed by atoms with van der Waals surface area (Å²) in [6.45, 7) is 5.92. The van der Waals surface area contributed by atoms with E-state index < -0.39 is 5.82 Å². The summed E-state index contributed by atoms with van der Waals surface area (Å²) in [6, 6.07) is 10.6. The Hall–Kier alpha value is -3.32. The molecule has 3 heterocycles. The van der Waals surface area contributed by atoms with Crippen LogP contribution in [0.4, 0.5) is 4.39 Å². The Bertz CT molecular complexity index is 1280. The van der Waals surface area contributed by atoms with E-state index >= 15 is 4.39 Å². The molecule has 0 atom stereocenters. The molecule has 33 heavy (non-hydrogen) atoms. The average molecular weight is 450 g/mol. The van der Waals surface area contributed by atoms with Gasteiger partial charge in [-0.1, -0.05) is 0 Å². The fourth-order valence-electron chi connectivity index (χ4n) is 4.45. The van der Waals surface area contributed by atoms with Crippen LogP contribution in [-0.4, -0.2) is 48.2 Å². The number of hydrogen-bond acceptors (Lipinski definition) is 5. The van der Waals surface area contributed by atoms with Crippen molar-refractivity contribution in [3.8, 4) is 23.0 Å². The lowest BCUT2D eigenvalue weighted by atomic mass is 10.1. The summed E-state index contributed by atoms with van der Waals surface area (Å²) in [4.78, 5) is 10.1. The van der Waals surface area contributed by atoms with Crippen LogP contribution >= 0.6 is 0 Å². The molecule has 0 bridgehead atoms. The smallest absolute Gasteiger partial charge is 0.175 e. The molecule has 0 unspecified atom stereocenters. The number of rotatable bonds is 8. The number of aromatic amines is 1. The van der Waals surface area contributed by atoms with Crippen molar-refractivity contribution in [1.82, 2.24) is 14.9 Å². The van der Waals surface area contributed by atoms with Gasteiger partial charge in [-0.05, 0) is 69.6 Å². The van der Waals surface area contributed by atoms with Crippen LogP contribution < -0.4 is 14.2 Å². The summed E-state index contributed by atoms with van der Waals surface area (Å²) in [6.07, 6.45) is 5.19. The van der Waals surface area contributed by atoms with Gasteiger partial charge >= 0.3 is 0 Å². The molecule has 1 N–H and O–H groups in total. The van der Waals surface area contributed by atoms with E-state index in [-0.39, 0.29) is 5.75 Å². The summed E-state index contributed by atoms with van der Waals surface area (Å²) in [5, 5.41) is 1.23. The highest BCUT2D eigenvalue weighted by Gasteiger charge is 2.16. The number of benzene rings is 2. The Balaban J connectivity index is 1.38. The lowest BCUT2D eigenvalue weighted by Crippen LogP contribution is -2.21. The zero-order valence-electron chi connectivity index (χ0n) is 19.0. The first-order valence-electron chi connectivity index (χ1n) is 11.4. The molecule has 1 saturated heterocycles. The average Bonchev–Trinajstić information content (AvgIpc) is 3.47. The van der Waals surface area contributed by atoms with Crippen molar-refractivity contribution in [3.63, 3.8) is 0 Å². The molecule has 0 amide bonds. The monoisotopic (exact) mass is 449 g/mol. The van der Waals surface area contributed by atoms with Gasteiger partial charge in [0, 0.05) is 40.8 Å². The van der Waals surface area contributed by atoms with E-state index in [4.69, 9.17) is 14.2 Å². The second kappa shape index (κ2) is 9.27. The quantitative estimate of drug-likeness (QED) is 0.343. The second-order valence-corrected chi connectivity index (χ2v) is 8.47. The minimum absolute atomic E-state index is 0.162. The van der Waals surface area contributed by atoms with Crippen molar-refractivity contribution >= 4 is 21.8 Å². The number of nitrogens with one attached hydrogen (secondary N) is 1. The standard InChI is InChI=1S/C26H28FN3O3/c1-17-14-19-20(29-17)6-7-23(26(19)27)33-22-8-9-28-21-16-25(24(31-2)15-18(21)22)32-13-5-12-30-10-3-4-11-30/h6-9,14-16,29H,3-5,10-13H2,1-2H3. The van der Waals surface area contributed by atoms with Gasteiger partial charge in [0.05, 0.1) is 19.2 Å². The fraction of sp³-hybridized carbons (Fsp3) is 0.346. The van der Waals surface area contributed by atoms with Crippen LogP contribution in [0.3, 0.4) is 0 Å². The highest BCUT2D eigenvalue weighted by atomic mass is 19.1. The number of halogens is 1. The number of likely N-dealkylation sites (tertiary alicyclic amines) is 1. The zero-order chi connectivity index (χ0) is 22.8.